The molecule has 1 rings (SSSR count). The number of hydrogen-bond acceptors (Lipinski definition) is 2. The van der Waals surface area contributed by atoms with Crippen LogP contribution in [-0.4, -0.2) is 19.0 Å². The molecule has 0 aliphatic rings. The molecular weight excluding hydrogens is 192 g/mol. The Labute approximate surface area is 85.4 Å². The summed E-state index contributed by atoms with van der Waals surface area (Å²) in [7, 11) is -1.51. The third-order valence-electron chi connectivity index (χ3n) is 2.44. The summed E-state index contributed by atoms with van der Waals surface area (Å²) in [6.45, 7) is 4.46. The van der Waals surface area contributed by atoms with Crippen LogP contribution in [0.3, 0.4) is 0 Å². The van der Waals surface area contributed by atoms with Gasteiger partial charge in [0.25, 0.3) is 0 Å². The van der Waals surface area contributed by atoms with E-state index in [2.05, 4.69) is 24.1 Å². The van der Waals surface area contributed by atoms with Gasteiger partial charge in [0.2, 0.25) is 5.91 Å². The largest absolute Gasteiger partial charge is 0.370 e. The zero-order chi connectivity index (χ0) is 10.6. The number of pyridine rings is 1. The van der Waals surface area contributed by atoms with Crippen LogP contribution in [0.1, 0.15) is 6.42 Å². The van der Waals surface area contributed by atoms with Crippen LogP contribution in [0.5, 0.6) is 0 Å². The summed E-state index contributed by atoms with van der Waals surface area (Å²) >= 11 is 0. The molecule has 0 radical (unpaired) electrons. The number of primary amides is 1. The highest BCUT2D eigenvalue weighted by Gasteiger charge is 2.23. The van der Waals surface area contributed by atoms with Crippen molar-refractivity contribution in [3.8, 4) is 0 Å². The molecule has 76 valence electrons. The van der Waals surface area contributed by atoms with Gasteiger partial charge >= 0.3 is 0 Å². The van der Waals surface area contributed by atoms with Gasteiger partial charge in [-0.05, 0) is 17.3 Å². The zero-order valence-corrected chi connectivity index (χ0v) is 9.66. The number of aromatic nitrogens is 1. The molecule has 0 saturated heterocycles. The van der Waals surface area contributed by atoms with Gasteiger partial charge in [-0.25, -0.2) is 0 Å². The quantitative estimate of drug-likeness (QED) is 0.747. The van der Waals surface area contributed by atoms with E-state index in [0.717, 1.165) is 6.04 Å². The minimum atomic E-state index is -1.51. The third kappa shape index (κ3) is 2.96. The monoisotopic (exact) mass is 208 g/mol. The van der Waals surface area contributed by atoms with Gasteiger partial charge in [-0.1, -0.05) is 19.2 Å². The van der Waals surface area contributed by atoms with Gasteiger partial charge < -0.3 is 5.73 Å². The minimum Gasteiger partial charge on any atom is -0.370 e. The van der Waals surface area contributed by atoms with Gasteiger partial charge in [-0.3, -0.25) is 9.78 Å². The Hall–Kier alpha value is -1.16. The van der Waals surface area contributed by atoms with E-state index in [0.29, 0.717) is 6.42 Å². The molecule has 14 heavy (non-hydrogen) atoms. The molecule has 0 aromatic carbocycles. The van der Waals surface area contributed by atoms with E-state index in [-0.39, 0.29) is 5.91 Å². The number of amides is 1. The van der Waals surface area contributed by atoms with Crippen molar-refractivity contribution >= 4 is 19.2 Å². The maximum atomic E-state index is 10.7. The number of rotatable bonds is 4. The standard InChI is InChI=1S/C10H16N2OSi/c1-14(2,7-5-10(11)13)9-4-3-6-12-8-9/h3-4,6,8H,5,7H2,1-2H3,(H2,11,13). The normalized spacial score (nSPS) is 11.3. The first-order valence-corrected chi connectivity index (χ1v) is 7.92. The predicted molar refractivity (Wildman–Crippen MR) is 60.0 cm³/mol. The molecule has 0 unspecified atom stereocenters. The molecule has 0 atom stereocenters. The summed E-state index contributed by atoms with van der Waals surface area (Å²) in [5.74, 6) is -0.213. The summed E-state index contributed by atoms with van der Waals surface area (Å²) < 4.78 is 0. The lowest BCUT2D eigenvalue weighted by Crippen LogP contribution is -2.42. The van der Waals surface area contributed by atoms with Gasteiger partial charge in [0.15, 0.2) is 0 Å². The van der Waals surface area contributed by atoms with Gasteiger partial charge in [-0.15, -0.1) is 0 Å². The van der Waals surface area contributed by atoms with Crippen molar-refractivity contribution in [2.24, 2.45) is 5.73 Å². The van der Waals surface area contributed by atoms with Crippen LogP contribution in [0, 0.1) is 0 Å². The van der Waals surface area contributed by atoms with Crippen molar-refractivity contribution in [2.45, 2.75) is 25.6 Å². The second kappa shape index (κ2) is 4.37. The third-order valence-corrected chi connectivity index (χ3v) is 5.80. The fraction of sp³-hybridized carbons (Fsp3) is 0.400. The van der Waals surface area contributed by atoms with E-state index in [1.54, 1.807) is 6.20 Å². The summed E-state index contributed by atoms with van der Waals surface area (Å²) in [6.07, 6.45) is 4.14. The summed E-state index contributed by atoms with van der Waals surface area (Å²) in [6, 6.07) is 4.92. The molecule has 4 heteroatoms. The van der Waals surface area contributed by atoms with Gasteiger partial charge in [0.1, 0.15) is 0 Å². The maximum absolute atomic E-state index is 10.7. The lowest BCUT2D eigenvalue weighted by atomic mass is 10.5. The van der Waals surface area contributed by atoms with Gasteiger partial charge in [0, 0.05) is 18.8 Å². The molecule has 2 N–H and O–H groups in total. The number of carbonyl (C=O) groups is 1. The molecule has 0 saturated carbocycles. The second-order valence-corrected chi connectivity index (χ2v) is 8.94. The first-order valence-electron chi connectivity index (χ1n) is 4.71. The number of hydrogen-bond donors (Lipinski definition) is 1. The van der Waals surface area contributed by atoms with E-state index >= 15 is 0 Å². The Balaban J connectivity index is 2.70. The molecule has 0 fully saturated rings. The highest BCUT2D eigenvalue weighted by Crippen LogP contribution is 2.11. The molecule has 0 aliphatic heterocycles. The molecule has 3 nitrogen and oxygen atoms in total. The predicted octanol–water partition coefficient (Wildman–Crippen LogP) is 0.872. The van der Waals surface area contributed by atoms with Crippen molar-refractivity contribution in [1.82, 2.24) is 4.98 Å². The SMILES string of the molecule is C[Si](C)(CCC(N)=O)c1cccnc1. The van der Waals surface area contributed by atoms with Crippen molar-refractivity contribution in [3.63, 3.8) is 0 Å². The average Bonchev–Trinajstić information content (AvgIpc) is 2.16. The molecule has 0 aliphatic carbocycles. The van der Waals surface area contributed by atoms with Crippen molar-refractivity contribution in [1.29, 1.82) is 0 Å². The molecule has 0 bridgehead atoms. The Morgan fingerprint density at radius 1 is 1.57 bits per heavy atom. The topological polar surface area (TPSA) is 56.0 Å². The molecule has 1 aromatic rings. The van der Waals surface area contributed by atoms with Crippen LogP contribution in [-0.2, 0) is 4.79 Å². The van der Waals surface area contributed by atoms with Crippen molar-refractivity contribution < 1.29 is 4.79 Å². The number of nitrogens with two attached hydrogens (primary N) is 1. The highest BCUT2D eigenvalue weighted by molar-refractivity contribution is 6.89. The lowest BCUT2D eigenvalue weighted by molar-refractivity contribution is -0.117. The fourth-order valence-corrected chi connectivity index (χ4v) is 3.47. The first-order chi connectivity index (χ1) is 6.52. The number of carbonyl (C=O) groups excluding carboxylic acids is 1. The summed E-state index contributed by atoms with van der Waals surface area (Å²) in [4.78, 5) is 14.8. The van der Waals surface area contributed by atoms with Crippen LogP contribution in [0.4, 0.5) is 0 Å². The van der Waals surface area contributed by atoms with Gasteiger partial charge in [0.05, 0.1) is 8.07 Å². The second-order valence-electron chi connectivity index (χ2n) is 4.09. The summed E-state index contributed by atoms with van der Waals surface area (Å²) in [5.41, 5.74) is 5.15. The Morgan fingerprint density at radius 3 is 2.79 bits per heavy atom. The zero-order valence-electron chi connectivity index (χ0n) is 8.66. The Bertz CT molecular complexity index is 311. The minimum absolute atomic E-state index is 0.213. The highest BCUT2D eigenvalue weighted by atomic mass is 28.3. The molecule has 1 aromatic heterocycles. The first kappa shape index (κ1) is 10.9. The van der Waals surface area contributed by atoms with Crippen LogP contribution >= 0.6 is 0 Å². The summed E-state index contributed by atoms with van der Waals surface area (Å²) in [5, 5.41) is 1.28. The van der Waals surface area contributed by atoms with Gasteiger partial charge in [-0.2, -0.15) is 0 Å². The van der Waals surface area contributed by atoms with Crippen LogP contribution in [0.25, 0.3) is 0 Å². The molecular formula is C10H16N2OSi. The van der Waals surface area contributed by atoms with E-state index in [4.69, 9.17) is 5.73 Å². The number of nitrogens with zero attached hydrogens (tertiary/aromatic N) is 1. The molecule has 0 spiro atoms. The fourth-order valence-electron chi connectivity index (χ4n) is 1.34. The average molecular weight is 208 g/mol. The van der Waals surface area contributed by atoms with E-state index < -0.39 is 8.07 Å². The Kier molecular flexibility index (Phi) is 3.41. The Morgan fingerprint density at radius 2 is 2.29 bits per heavy atom. The maximum Gasteiger partial charge on any atom is 0.217 e. The van der Waals surface area contributed by atoms with Crippen LogP contribution < -0.4 is 10.9 Å². The van der Waals surface area contributed by atoms with E-state index in [1.807, 2.05) is 12.3 Å². The smallest absolute Gasteiger partial charge is 0.217 e. The molecule has 1 heterocycles. The van der Waals surface area contributed by atoms with E-state index in [1.165, 1.54) is 5.19 Å². The van der Waals surface area contributed by atoms with Crippen LogP contribution in [0.15, 0.2) is 24.5 Å². The molecule has 1 amide bonds. The lowest BCUT2D eigenvalue weighted by Gasteiger charge is -2.21. The van der Waals surface area contributed by atoms with Crippen molar-refractivity contribution in [2.75, 3.05) is 0 Å². The van der Waals surface area contributed by atoms with E-state index in [9.17, 15) is 4.79 Å². The van der Waals surface area contributed by atoms with Crippen LogP contribution in [0.2, 0.25) is 19.1 Å². The van der Waals surface area contributed by atoms with Crippen molar-refractivity contribution in [3.05, 3.63) is 24.5 Å².